The van der Waals surface area contributed by atoms with Crippen molar-refractivity contribution in [2.24, 2.45) is 0 Å². The molecular formula is C21H16OS. The zero-order valence-corrected chi connectivity index (χ0v) is 13.6. The Morgan fingerprint density at radius 2 is 1.43 bits per heavy atom. The molecule has 1 heterocycles. The lowest BCUT2D eigenvalue weighted by atomic mass is 10.1. The Hall–Kier alpha value is -2.45. The smallest absolute Gasteiger partial charge is 0.149 e. The average molecular weight is 316 g/mol. The van der Waals surface area contributed by atoms with E-state index in [4.69, 9.17) is 4.42 Å². The van der Waals surface area contributed by atoms with Crippen LogP contribution in [0.3, 0.4) is 0 Å². The molecule has 4 rings (SSSR count). The van der Waals surface area contributed by atoms with Crippen LogP contribution in [0.4, 0.5) is 0 Å². The molecule has 0 N–H and O–H groups in total. The first kappa shape index (κ1) is 14.2. The lowest BCUT2D eigenvalue weighted by Crippen LogP contribution is -1.79. The van der Waals surface area contributed by atoms with E-state index >= 15 is 0 Å². The Bertz CT molecular complexity index is 937. The molecule has 1 aromatic heterocycles. The summed E-state index contributed by atoms with van der Waals surface area (Å²) < 4.78 is 6.18. The number of benzene rings is 3. The van der Waals surface area contributed by atoms with Gasteiger partial charge in [-0.3, -0.25) is 0 Å². The summed E-state index contributed by atoms with van der Waals surface area (Å²) in [7, 11) is 0. The summed E-state index contributed by atoms with van der Waals surface area (Å²) in [5.74, 6) is 0.944. The van der Waals surface area contributed by atoms with E-state index in [1.807, 2.05) is 18.2 Å². The van der Waals surface area contributed by atoms with Crippen molar-refractivity contribution in [3.05, 3.63) is 84.4 Å². The summed E-state index contributed by atoms with van der Waals surface area (Å²) >= 11 is 1.76. The molecular weight excluding hydrogens is 300 g/mol. The molecule has 0 aliphatic heterocycles. The van der Waals surface area contributed by atoms with E-state index in [0.29, 0.717) is 0 Å². The molecule has 0 saturated carbocycles. The Morgan fingerprint density at radius 1 is 0.739 bits per heavy atom. The van der Waals surface area contributed by atoms with Crippen LogP contribution >= 0.6 is 11.8 Å². The number of rotatable bonds is 3. The molecule has 3 aromatic carbocycles. The summed E-state index contributed by atoms with van der Waals surface area (Å²) in [6, 6.07) is 27.2. The van der Waals surface area contributed by atoms with Crippen molar-refractivity contribution in [2.45, 2.75) is 16.7 Å². The third-order valence-corrected chi connectivity index (χ3v) is 4.94. The van der Waals surface area contributed by atoms with Crippen molar-refractivity contribution in [3.63, 3.8) is 0 Å². The van der Waals surface area contributed by atoms with E-state index in [2.05, 4.69) is 67.6 Å². The molecule has 0 fully saturated rings. The molecule has 0 spiro atoms. The monoisotopic (exact) mass is 316 g/mol. The van der Waals surface area contributed by atoms with Crippen LogP contribution in [0.15, 0.2) is 93.1 Å². The van der Waals surface area contributed by atoms with Crippen LogP contribution in [0, 0.1) is 6.92 Å². The van der Waals surface area contributed by atoms with Gasteiger partial charge in [0.2, 0.25) is 0 Å². The van der Waals surface area contributed by atoms with Gasteiger partial charge in [0.25, 0.3) is 0 Å². The number of hydrogen-bond acceptors (Lipinski definition) is 2. The van der Waals surface area contributed by atoms with Crippen molar-refractivity contribution in [1.29, 1.82) is 0 Å². The first-order valence-electron chi connectivity index (χ1n) is 7.63. The number of aryl methyl sites for hydroxylation is 1. The zero-order valence-electron chi connectivity index (χ0n) is 12.8. The van der Waals surface area contributed by atoms with Gasteiger partial charge in [-0.15, -0.1) is 0 Å². The lowest BCUT2D eigenvalue weighted by Gasteiger charge is -2.04. The van der Waals surface area contributed by atoms with Crippen molar-refractivity contribution in [1.82, 2.24) is 0 Å². The highest BCUT2D eigenvalue weighted by atomic mass is 32.2. The van der Waals surface area contributed by atoms with Gasteiger partial charge in [-0.1, -0.05) is 71.9 Å². The molecule has 0 aliphatic carbocycles. The number of para-hydroxylation sites is 1. The number of fused-ring (bicyclic) bond motifs is 1. The third-order valence-electron chi connectivity index (χ3n) is 3.83. The predicted molar refractivity (Wildman–Crippen MR) is 97.0 cm³/mol. The van der Waals surface area contributed by atoms with Crippen molar-refractivity contribution in [3.8, 4) is 11.3 Å². The standard InChI is InChI=1S/C21H16OS/c1-15-11-13-16(14-12-15)20-21(23-17-7-3-2-4-8-17)18-9-5-6-10-19(18)22-20/h2-14H,1H3. The molecule has 0 unspecified atom stereocenters. The molecule has 0 radical (unpaired) electrons. The largest absolute Gasteiger partial charge is 0.455 e. The molecule has 2 heteroatoms. The Labute approximate surface area is 140 Å². The van der Waals surface area contributed by atoms with E-state index in [1.165, 1.54) is 15.4 Å². The maximum Gasteiger partial charge on any atom is 0.149 e. The van der Waals surface area contributed by atoms with Crippen molar-refractivity contribution < 1.29 is 4.42 Å². The second-order valence-corrected chi connectivity index (χ2v) is 6.62. The van der Waals surface area contributed by atoms with Gasteiger partial charge in [-0.2, -0.15) is 0 Å². The predicted octanol–water partition coefficient (Wildman–Crippen LogP) is 6.56. The SMILES string of the molecule is Cc1ccc(-c2oc3ccccc3c2Sc2ccccc2)cc1. The number of furan rings is 1. The van der Waals surface area contributed by atoms with Crippen LogP contribution in [0.1, 0.15) is 5.56 Å². The van der Waals surface area contributed by atoms with Crippen LogP contribution in [0.25, 0.3) is 22.3 Å². The van der Waals surface area contributed by atoms with Crippen molar-refractivity contribution >= 4 is 22.7 Å². The fourth-order valence-corrected chi connectivity index (χ4v) is 3.68. The minimum atomic E-state index is 0.932. The molecule has 0 bridgehead atoms. The second-order valence-electron chi connectivity index (χ2n) is 5.54. The van der Waals surface area contributed by atoms with Gasteiger partial charge in [-0.25, -0.2) is 0 Å². The Kier molecular flexibility index (Phi) is 3.68. The van der Waals surface area contributed by atoms with E-state index in [-0.39, 0.29) is 0 Å². The van der Waals surface area contributed by atoms with Crippen LogP contribution in [0.5, 0.6) is 0 Å². The lowest BCUT2D eigenvalue weighted by molar-refractivity contribution is 0.625. The molecule has 0 atom stereocenters. The Balaban J connectivity index is 1.89. The molecule has 0 aliphatic rings. The molecule has 4 aromatic rings. The minimum absolute atomic E-state index is 0.932. The summed E-state index contributed by atoms with van der Waals surface area (Å²) in [5.41, 5.74) is 3.30. The highest BCUT2D eigenvalue weighted by Gasteiger charge is 2.16. The molecule has 0 amide bonds. The van der Waals surface area contributed by atoms with Crippen LogP contribution in [-0.4, -0.2) is 0 Å². The van der Waals surface area contributed by atoms with Crippen LogP contribution < -0.4 is 0 Å². The first-order chi connectivity index (χ1) is 11.3. The second kappa shape index (κ2) is 5.98. The van der Waals surface area contributed by atoms with Gasteiger partial charge in [0.1, 0.15) is 11.3 Å². The average Bonchev–Trinajstić information content (AvgIpc) is 2.95. The molecule has 112 valence electrons. The summed E-state index contributed by atoms with van der Waals surface area (Å²) in [6.07, 6.45) is 0. The van der Waals surface area contributed by atoms with E-state index in [0.717, 1.165) is 22.3 Å². The van der Waals surface area contributed by atoms with E-state index < -0.39 is 0 Å². The van der Waals surface area contributed by atoms with Gasteiger partial charge in [0, 0.05) is 15.8 Å². The van der Waals surface area contributed by atoms with Gasteiger partial charge >= 0.3 is 0 Å². The van der Waals surface area contributed by atoms with Gasteiger partial charge in [0.05, 0.1) is 4.90 Å². The van der Waals surface area contributed by atoms with E-state index in [1.54, 1.807) is 11.8 Å². The summed E-state index contributed by atoms with van der Waals surface area (Å²) in [5, 5.41) is 1.16. The Morgan fingerprint density at radius 3 is 2.22 bits per heavy atom. The normalized spacial score (nSPS) is 11.0. The molecule has 1 nitrogen and oxygen atoms in total. The first-order valence-corrected chi connectivity index (χ1v) is 8.44. The minimum Gasteiger partial charge on any atom is -0.455 e. The molecule has 0 saturated heterocycles. The van der Waals surface area contributed by atoms with Gasteiger partial charge in [0.15, 0.2) is 0 Å². The fourth-order valence-electron chi connectivity index (χ4n) is 2.62. The quantitative estimate of drug-likeness (QED) is 0.424. The van der Waals surface area contributed by atoms with Gasteiger partial charge in [-0.05, 0) is 31.2 Å². The molecule has 23 heavy (non-hydrogen) atoms. The van der Waals surface area contributed by atoms with Gasteiger partial charge < -0.3 is 4.42 Å². The zero-order chi connectivity index (χ0) is 15.6. The van der Waals surface area contributed by atoms with E-state index in [9.17, 15) is 0 Å². The van der Waals surface area contributed by atoms with Crippen molar-refractivity contribution in [2.75, 3.05) is 0 Å². The maximum absolute atomic E-state index is 6.18. The summed E-state index contributed by atoms with van der Waals surface area (Å²) in [6.45, 7) is 2.10. The fraction of sp³-hybridized carbons (Fsp3) is 0.0476. The maximum atomic E-state index is 6.18. The topological polar surface area (TPSA) is 13.1 Å². The number of hydrogen-bond donors (Lipinski definition) is 0. The van der Waals surface area contributed by atoms with Crippen LogP contribution in [0.2, 0.25) is 0 Å². The third kappa shape index (κ3) is 2.78. The van der Waals surface area contributed by atoms with Crippen LogP contribution in [-0.2, 0) is 0 Å². The summed E-state index contributed by atoms with van der Waals surface area (Å²) in [4.78, 5) is 2.39. The highest BCUT2D eigenvalue weighted by molar-refractivity contribution is 7.99. The highest BCUT2D eigenvalue weighted by Crippen LogP contribution is 2.43.